The number of rotatable bonds is 12. The second-order valence-electron chi connectivity index (χ2n) is 8.76. The molecule has 0 saturated carbocycles. The van der Waals surface area contributed by atoms with Crippen molar-refractivity contribution < 1.29 is 35.8 Å². The largest absolute Gasteiger partial charge is 0.495 e. The minimum absolute atomic E-state index is 0.0165. The first kappa shape index (κ1) is 31.4. The summed E-state index contributed by atoms with van der Waals surface area (Å²) in [6, 6.07) is 16.9. The zero-order valence-electron chi connectivity index (χ0n) is 23.1. The molecular weight excluding hydrogens is 620 g/mol. The molecule has 0 aliphatic rings. The van der Waals surface area contributed by atoms with E-state index in [2.05, 4.69) is 15.0 Å². The maximum atomic E-state index is 13.9. The number of halogens is 1. The summed E-state index contributed by atoms with van der Waals surface area (Å²) in [7, 11) is -4.19. The highest BCUT2D eigenvalue weighted by atomic mass is 35.5. The first-order valence-electron chi connectivity index (χ1n) is 12.4. The van der Waals surface area contributed by atoms with Gasteiger partial charge < -0.3 is 19.5 Å². The number of sulfonamides is 2. The summed E-state index contributed by atoms with van der Waals surface area (Å²) >= 11 is 6.20. The Morgan fingerprint density at radius 2 is 1.47 bits per heavy atom. The zero-order chi connectivity index (χ0) is 31.2. The topological polar surface area (TPSA) is 153 Å². The van der Waals surface area contributed by atoms with Crippen molar-refractivity contribution in [2.24, 2.45) is 0 Å². The lowest BCUT2D eigenvalue weighted by Gasteiger charge is -2.26. The Bertz CT molecular complexity index is 1820. The summed E-state index contributed by atoms with van der Waals surface area (Å²) in [5.41, 5.74) is 0.529. The van der Waals surface area contributed by atoms with Crippen LogP contribution in [0.1, 0.15) is 0 Å². The number of anilines is 3. The number of aromatic nitrogens is 1. The third kappa shape index (κ3) is 7.28. The number of methoxy groups -OCH3 is 3. The lowest BCUT2D eigenvalue weighted by molar-refractivity contribution is -0.114. The molecule has 0 bridgehead atoms. The molecule has 0 aliphatic heterocycles. The SMILES string of the molecule is COc1ccc(S(=O)(=O)N(CC(=O)Nc2ccc(S(=O)(=O)Nc3cccnc3)cc2)c2cc(Cl)ccc2OC)cc1OC. The van der Waals surface area contributed by atoms with Gasteiger partial charge in [-0.15, -0.1) is 0 Å². The molecule has 4 aromatic rings. The molecule has 226 valence electrons. The van der Waals surface area contributed by atoms with Gasteiger partial charge in [0, 0.05) is 23.0 Å². The lowest BCUT2D eigenvalue weighted by Crippen LogP contribution is -2.38. The molecule has 0 fully saturated rings. The van der Waals surface area contributed by atoms with Crippen LogP contribution in [0.2, 0.25) is 5.02 Å². The maximum absolute atomic E-state index is 13.9. The molecule has 0 spiro atoms. The number of amides is 1. The monoisotopic (exact) mass is 646 g/mol. The van der Waals surface area contributed by atoms with Crippen LogP contribution in [0.25, 0.3) is 0 Å². The van der Waals surface area contributed by atoms with E-state index < -0.39 is 32.5 Å². The van der Waals surface area contributed by atoms with Crippen LogP contribution in [0, 0.1) is 0 Å². The number of carbonyl (C=O) groups is 1. The summed E-state index contributed by atoms with van der Waals surface area (Å²) in [5, 5.41) is 2.81. The summed E-state index contributed by atoms with van der Waals surface area (Å²) in [6.07, 6.45) is 2.88. The minimum Gasteiger partial charge on any atom is -0.495 e. The van der Waals surface area contributed by atoms with Gasteiger partial charge in [-0.1, -0.05) is 11.6 Å². The number of nitrogens with one attached hydrogen (secondary N) is 2. The highest BCUT2D eigenvalue weighted by molar-refractivity contribution is 7.93. The van der Waals surface area contributed by atoms with Crippen LogP contribution in [0.4, 0.5) is 17.1 Å². The van der Waals surface area contributed by atoms with E-state index in [4.69, 9.17) is 25.8 Å². The van der Waals surface area contributed by atoms with Crippen LogP contribution in [-0.4, -0.2) is 55.6 Å². The van der Waals surface area contributed by atoms with Crippen LogP contribution in [-0.2, 0) is 24.8 Å². The van der Waals surface area contributed by atoms with E-state index in [1.807, 2.05) is 0 Å². The van der Waals surface area contributed by atoms with Crippen molar-refractivity contribution >= 4 is 54.6 Å². The molecule has 3 aromatic carbocycles. The van der Waals surface area contributed by atoms with Gasteiger partial charge in [0.25, 0.3) is 20.0 Å². The quantitative estimate of drug-likeness (QED) is 0.228. The van der Waals surface area contributed by atoms with E-state index in [1.165, 1.54) is 94.4 Å². The molecule has 0 saturated heterocycles. The molecule has 43 heavy (non-hydrogen) atoms. The third-order valence-electron chi connectivity index (χ3n) is 6.00. The second-order valence-corrected chi connectivity index (χ2v) is 12.7. The van der Waals surface area contributed by atoms with Gasteiger partial charge in [0.1, 0.15) is 12.3 Å². The molecule has 1 aromatic heterocycles. The van der Waals surface area contributed by atoms with Gasteiger partial charge in [-0.25, -0.2) is 16.8 Å². The van der Waals surface area contributed by atoms with Crippen LogP contribution in [0.3, 0.4) is 0 Å². The van der Waals surface area contributed by atoms with Gasteiger partial charge in [0.2, 0.25) is 5.91 Å². The third-order valence-corrected chi connectivity index (χ3v) is 9.39. The molecule has 0 atom stereocenters. The Labute approximate surface area is 254 Å². The highest BCUT2D eigenvalue weighted by Gasteiger charge is 2.31. The number of carbonyl (C=O) groups excluding carboxylic acids is 1. The average molecular weight is 647 g/mol. The molecular formula is C28H27ClN4O8S2. The number of nitrogens with zero attached hydrogens (tertiary/aromatic N) is 2. The molecule has 0 aliphatic carbocycles. The maximum Gasteiger partial charge on any atom is 0.265 e. The highest BCUT2D eigenvalue weighted by Crippen LogP contribution is 2.37. The smallest absolute Gasteiger partial charge is 0.265 e. The van der Waals surface area contributed by atoms with Gasteiger partial charge in [-0.05, 0) is 66.7 Å². The molecule has 4 rings (SSSR count). The summed E-state index contributed by atoms with van der Waals surface area (Å²) in [5.74, 6) is -0.0987. The Morgan fingerprint density at radius 1 is 0.814 bits per heavy atom. The summed E-state index contributed by atoms with van der Waals surface area (Å²) in [6.45, 7) is -0.685. The minimum atomic E-state index is -4.40. The molecule has 0 radical (unpaired) electrons. The Hall–Kier alpha value is -4.53. The molecule has 1 amide bonds. The van der Waals surface area contributed by atoms with Crippen molar-refractivity contribution in [3.63, 3.8) is 0 Å². The van der Waals surface area contributed by atoms with Crippen molar-refractivity contribution in [2.75, 3.05) is 42.2 Å². The van der Waals surface area contributed by atoms with Crippen molar-refractivity contribution in [3.05, 3.63) is 90.2 Å². The van der Waals surface area contributed by atoms with E-state index in [9.17, 15) is 21.6 Å². The number of benzene rings is 3. The standard InChI is InChI=1S/C28H27ClN4O8S2/c1-39-25-12-6-19(29)15-24(25)33(43(37,38)23-11-13-26(40-2)27(16-23)41-3)18-28(34)31-20-7-9-22(10-8-20)42(35,36)32-21-5-4-14-30-17-21/h4-17,32H,18H2,1-3H3,(H,31,34). The van der Waals surface area contributed by atoms with Crippen molar-refractivity contribution in [2.45, 2.75) is 9.79 Å². The van der Waals surface area contributed by atoms with Crippen LogP contribution in [0.15, 0.2) is 95.0 Å². The lowest BCUT2D eigenvalue weighted by atomic mass is 10.3. The predicted octanol–water partition coefficient (Wildman–Crippen LogP) is 4.40. The second kappa shape index (κ2) is 13.2. The fourth-order valence-electron chi connectivity index (χ4n) is 3.95. The predicted molar refractivity (Wildman–Crippen MR) is 162 cm³/mol. The van der Waals surface area contributed by atoms with Crippen LogP contribution < -0.4 is 28.6 Å². The van der Waals surface area contributed by atoms with Crippen molar-refractivity contribution in [1.82, 2.24) is 4.98 Å². The van der Waals surface area contributed by atoms with E-state index in [0.29, 0.717) is 5.75 Å². The van der Waals surface area contributed by atoms with E-state index in [-0.39, 0.29) is 43.4 Å². The Kier molecular flexibility index (Phi) is 9.63. The summed E-state index contributed by atoms with van der Waals surface area (Å²) < 4.78 is 72.4. The fourth-order valence-corrected chi connectivity index (χ4v) is 6.60. The number of hydrogen-bond acceptors (Lipinski definition) is 9. The molecule has 15 heteroatoms. The van der Waals surface area contributed by atoms with Gasteiger partial charge in [0.15, 0.2) is 11.5 Å². The molecule has 12 nitrogen and oxygen atoms in total. The zero-order valence-corrected chi connectivity index (χ0v) is 25.5. The Balaban J connectivity index is 1.62. The van der Waals surface area contributed by atoms with Gasteiger partial charge >= 0.3 is 0 Å². The van der Waals surface area contributed by atoms with Gasteiger partial charge in [-0.3, -0.25) is 18.8 Å². The van der Waals surface area contributed by atoms with E-state index in [1.54, 1.807) is 12.1 Å². The molecule has 1 heterocycles. The average Bonchev–Trinajstić information content (AvgIpc) is 3.00. The van der Waals surface area contributed by atoms with Gasteiger partial charge in [-0.2, -0.15) is 0 Å². The van der Waals surface area contributed by atoms with Crippen molar-refractivity contribution in [1.29, 1.82) is 0 Å². The number of hydrogen-bond donors (Lipinski definition) is 2. The van der Waals surface area contributed by atoms with E-state index in [0.717, 1.165) is 4.31 Å². The number of ether oxygens (including phenoxy) is 3. The molecule has 0 unspecified atom stereocenters. The van der Waals surface area contributed by atoms with Crippen LogP contribution in [0.5, 0.6) is 17.2 Å². The van der Waals surface area contributed by atoms with Gasteiger partial charge in [0.05, 0.1) is 48.7 Å². The summed E-state index contributed by atoms with van der Waals surface area (Å²) in [4.78, 5) is 16.9. The molecule has 2 N–H and O–H groups in total. The van der Waals surface area contributed by atoms with Crippen LogP contribution >= 0.6 is 11.6 Å². The normalized spacial score (nSPS) is 11.3. The fraction of sp³-hybridized carbons (Fsp3) is 0.143. The number of pyridine rings is 1. The van der Waals surface area contributed by atoms with Crippen molar-refractivity contribution in [3.8, 4) is 17.2 Å². The first-order chi connectivity index (χ1) is 20.5. The first-order valence-corrected chi connectivity index (χ1v) is 15.7. The van der Waals surface area contributed by atoms with E-state index >= 15 is 0 Å². The Morgan fingerprint density at radius 3 is 2.09 bits per heavy atom.